The Labute approximate surface area is 84.2 Å². The van der Waals surface area contributed by atoms with Crippen molar-refractivity contribution in [2.45, 2.75) is 6.92 Å². The first-order chi connectivity index (χ1) is 6.66. The van der Waals surface area contributed by atoms with Gasteiger partial charge in [0.1, 0.15) is 0 Å². The fourth-order valence-corrected chi connectivity index (χ4v) is 1.22. The minimum atomic E-state index is -0.0684. The van der Waals surface area contributed by atoms with E-state index in [1.54, 1.807) is 6.08 Å². The molecule has 14 heavy (non-hydrogen) atoms. The number of nitrogens with zero attached hydrogens (tertiary/aromatic N) is 1. The molecule has 0 atom stereocenters. The fraction of sp³-hybridized carbons (Fsp3) is 0.0833. The lowest BCUT2D eigenvalue weighted by Crippen LogP contribution is -2.25. The third kappa shape index (κ3) is 2.10. The van der Waals surface area contributed by atoms with Crippen LogP contribution in [-0.4, -0.2) is 5.91 Å². The zero-order chi connectivity index (χ0) is 10.6. The number of carbonyl (C=O) groups is 1. The smallest absolute Gasteiger partial charge is 0.228 e. The summed E-state index contributed by atoms with van der Waals surface area (Å²) < 4.78 is 0. The topological polar surface area (TPSA) is 20.3 Å². The molecule has 1 aromatic carbocycles. The molecule has 2 heteroatoms. The van der Waals surface area contributed by atoms with Crippen LogP contribution >= 0.6 is 0 Å². The molecule has 0 unspecified atom stereocenters. The van der Waals surface area contributed by atoms with E-state index in [9.17, 15) is 4.79 Å². The first-order valence-electron chi connectivity index (χ1n) is 4.34. The van der Waals surface area contributed by atoms with Crippen LogP contribution in [0.4, 0.5) is 5.69 Å². The molecule has 1 aromatic rings. The number of hydrogen-bond acceptors (Lipinski definition) is 1. The maximum Gasteiger partial charge on any atom is 0.228 e. The molecule has 0 fully saturated rings. The lowest BCUT2D eigenvalue weighted by molar-refractivity contribution is -0.116. The highest BCUT2D eigenvalue weighted by Gasteiger charge is 2.11. The maximum absolute atomic E-state index is 11.4. The Morgan fingerprint density at radius 3 is 2.36 bits per heavy atom. The molecular weight excluding hydrogens is 174 g/mol. The molecule has 0 N–H and O–H groups in total. The monoisotopic (exact) mass is 187 g/mol. The quantitative estimate of drug-likeness (QED) is 0.666. The molecule has 0 bridgehead atoms. The molecule has 0 heterocycles. The third-order valence-corrected chi connectivity index (χ3v) is 1.85. The number of benzene rings is 1. The van der Waals surface area contributed by atoms with Crippen LogP contribution in [0, 0.1) is 0 Å². The van der Waals surface area contributed by atoms with Gasteiger partial charge in [0, 0.05) is 18.3 Å². The van der Waals surface area contributed by atoms with E-state index in [2.05, 4.69) is 13.2 Å². The van der Waals surface area contributed by atoms with E-state index in [0.717, 1.165) is 5.69 Å². The molecule has 72 valence electrons. The second kappa shape index (κ2) is 4.42. The summed E-state index contributed by atoms with van der Waals surface area (Å²) in [5.74, 6) is -0.0684. The Bertz CT molecular complexity index is 354. The summed E-state index contributed by atoms with van der Waals surface area (Å²) in [6.07, 6.45) is 1.56. The summed E-state index contributed by atoms with van der Waals surface area (Å²) >= 11 is 0. The Morgan fingerprint density at radius 1 is 1.36 bits per heavy atom. The molecule has 0 saturated heterocycles. The van der Waals surface area contributed by atoms with E-state index in [-0.39, 0.29) is 5.91 Å². The maximum atomic E-state index is 11.4. The van der Waals surface area contributed by atoms with E-state index < -0.39 is 0 Å². The number of para-hydroxylation sites is 1. The lowest BCUT2D eigenvalue weighted by atomic mass is 10.2. The minimum absolute atomic E-state index is 0.0684. The zero-order valence-corrected chi connectivity index (χ0v) is 8.23. The van der Waals surface area contributed by atoms with Crippen molar-refractivity contribution in [3.05, 3.63) is 55.3 Å². The molecule has 2 nitrogen and oxygen atoms in total. The summed E-state index contributed by atoms with van der Waals surface area (Å²) in [6, 6.07) is 9.37. The lowest BCUT2D eigenvalue weighted by Gasteiger charge is -2.20. The first-order valence-corrected chi connectivity index (χ1v) is 4.34. The van der Waals surface area contributed by atoms with Gasteiger partial charge in [-0.3, -0.25) is 9.69 Å². The molecule has 1 rings (SSSR count). The second-order valence-corrected chi connectivity index (χ2v) is 2.89. The molecule has 0 aliphatic heterocycles. The highest BCUT2D eigenvalue weighted by Crippen LogP contribution is 2.18. The van der Waals surface area contributed by atoms with Gasteiger partial charge in [0.05, 0.1) is 0 Å². The van der Waals surface area contributed by atoms with Gasteiger partial charge in [-0.05, 0) is 18.2 Å². The number of allylic oxidation sites excluding steroid dienone is 1. The van der Waals surface area contributed by atoms with Gasteiger partial charge in [-0.2, -0.15) is 0 Å². The van der Waals surface area contributed by atoms with E-state index >= 15 is 0 Å². The van der Waals surface area contributed by atoms with Gasteiger partial charge in [0.25, 0.3) is 0 Å². The predicted molar refractivity (Wildman–Crippen MR) is 58.9 cm³/mol. The average Bonchev–Trinajstić information content (AvgIpc) is 2.19. The second-order valence-electron chi connectivity index (χ2n) is 2.89. The van der Waals surface area contributed by atoms with Crippen LogP contribution in [0.25, 0.3) is 0 Å². The van der Waals surface area contributed by atoms with Crippen LogP contribution in [0.2, 0.25) is 0 Å². The standard InChI is InChI=1S/C12H13NO/c1-4-10(2)13(11(3)14)12-8-6-5-7-9-12/h4-9H,1-2H2,3H3. The number of anilines is 1. The van der Waals surface area contributed by atoms with Crippen LogP contribution in [0.5, 0.6) is 0 Å². The van der Waals surface area contributed by atoms with Crippen molar-refractivity contribution in [3.8, 4) is 0 Å². The van der Waals surface area contributed by atoms with Crippen molar-refractivity contribution in [1.82, 2.24) is 0 Å². The van der Waals surface area contributed by atoms with Crippen molar-refractivity contribution in [3.63, 3.8) is 0 Å². The molecule has 0 aromatic heterocycles. The number of hydrogen-bond donors (Lipinski definition) is 0. The van der Waals surface area contributed by atoms with Crippen LogP contribution in [0.15, 0.2) is 55.3 Å². The Morgan fingerprint density at radius 2 is 1.93 bits per heavy atom. The summed E-state index contributed by atoms with van der Waals surface area (Å²) in [7, 11) is 0. The van der Waals surface area contributed by atoms with Crippen molar-refractivity contribution in [1.29, 1.82) is 0 Å². The zero-order valence-electron chi connectivity index (χ0n) is 8.23. The van der Waals surface area contributed by atoms with Crippen molar-refractivity contribution < 1.29 is 4.79 Å². The Hall–Kier alpha value is -1.83. The number of rotatable bonds is 3. The molecule has 0 spiro atoms. The molecule has 1 amide bonds. The van der Waals surface area contributed by atoms with Crippen LogP contribution in [0.1, 0.15) is 6.92 Å². The molecular formula is C12H13NO. The molecule has 0 aliphatic carbocycles. The minimum Gasteiger partial charge on any atom is -0.282 e. The van der Waals surface area contributed by atoms with Crippen molar-refractivity contribution >= 4 is 11.6 Å². The van der Waals surface area contributed by atoms with Crippen LogP contribution < -0.4 is 4.90 Å². The summed E-state index contributed by atoms with van der Waals surface area (Å²) in [5, 5.41) is 0. The van der Waals surface area contributed by atoms with E-state index in [4.69, 9.17) is 0 Å². The van der Waals surface area contributed by atoms with Gasteiger partial charge in [0.15, 0.2) is 0 Å². The van der Waals surface area contributed by atoms with E-state index in [1.165, 1.54) is 11.8 Å². The van der Waals surface area contributed by atoms with Gasteiger partial charge >= 0.3 is 0 Å². The largest absolute Gasteiger partial charge is 0.282 e. The van der Waals surface area contributed by atoms with E-state index in [1.807, 2.05) is 30.3 Å². The summed E-state index contributed by atoms with van der Waals surface area (Å²) in [6.45, 7) is 8.86. The van der Waals surface area contributed by atoms with Gasteiger partial charge in [-0.1, -0.05) is 31.4 Å². The van der Waals surface area contributed by atoms with E-state index in [0.29, 0.717) is 5.70 Å². The average molecular weight is 187 g/mol. The van der Waals surface area contributed by atoms with Gasteiger partial charge < -0.3 is 0 Å². The van der Waals surface area contributed by atoms with Gasteiger partial charge in [-0.15, -0.1) is 0 Å². The molecule has 0 radical (unpaired) electrons. The Kier molecular flexibility index (Phi) is 3.24. The van der Waals surface area contributed by atoms with Crippen LogP contribution in [-0.2, 0) is 4.79 Å². The number of carbonyl (C=O) groups excluding carboxylic acids is 1. The van der Waals surface area contributed by atoms with Gasteiger partial charge in [0.2, 0.25) is 5.91 Å². The first kappa shape index (κ1) is 10.3. The van der Waals surface area contributed by atoms with Crippen molar-refractivity contribution in [2.24, 2.45) is 0 Å². The predicted octanol–water partition coefficient (Wildman–Crippen LogP) is 2.74. The molecule has 0 aliphatic rings. The number of amides is 1. The van der Waals surface area contributed by atoms with Gasteiger partial charge in [-0.25, -0.2) is 0 Å². The third-order valence-electron chi connectivity index (χ3n) is 1.85. The summed E-state index contributed by atoms with van der Waals surface area (Å²) in [5.41, 5.74) is 1.40. The van der Waals surface area contributed by atoms with Crippen LogP contribution in [0.3, 0.4) is 0 Å². The molecule has 0 saturated carbocycles. The highest BCUT2D eigenvalue weighted by molar-refractivity contribution is 5.95. The fourth-order valence-electron chi connectivity index (χ4n) is 1.22. The Balaban J connectivity index is 3.07. The highest BCUT2D eigenvalue weighted by atomic mass is 16.2. The summed E-state index contributed by atoms with van der Waals surface area (Å²) in [4.78, 5) is 12.9. The normalized spacial score (nSPS) is 9.21. The SMILES string of the molecule is C=CC(=C)N(C(C)=O)c1ccccc1. The van der Waals surface area contributed by atoms with Crippen molar-refractivity contribution in [2.75, 3.05) is 4.90 Å².